The Morgan fingerprint density at radius 2 is 1.89 bits per heavy atom. The summed E-state index contributed by atoms with van der Waals surface area (Å²) in [6.45, 7) is 1.87. The van der Waals surface area contributed by atoms with Gasteiger partial charge in [-0.25, -0.2) is 13.4 Å². The zero-order valence-electron chi connectivity index (χ0n) is 15.2. The Kier molecular flexibility index (Phi) is 5.75. The average molecular weight is 397 g/mol. The lowest BCUT2D eigenvalue weighted by molar-refractivity contribution is -0.136. The molecule has 0 saturated heterocycles. The number of carboxylic acids is 1. The largest absolute Gasteiger partial charge is 0.481 e. The van der Waals surface area contributed by atoms with E-state index in [2.05, 4.69) is 4.98 Å². The fourth-order valence-electron chi connectivity index (χ4n) is 2.75. The van der Waals surface area contributed by atoms with Crippen molar-refractivity contribution in [2.75, 3.05) is 0 Å². The van der Waals surface area contributed by atoms with Crippen molar-refractivity contribution in [3.8, 4) is 11.5 Å². The third-order valence-corrected chi connectivity index (χ3v) is 5.57. The molecule has 0 aliphatic heterocycles. The molecule has 0 saturated carbocycles. The van der Waals surface area contributed by atoms with Gasteiger partial charge in [0, 0.05) is 11.8 Å². The summed E-state index contributed by atoms with van der Waals surface area (Å²) in [4.78, 5) is 14.8. The molecule has 0 aliphatic rings. The first-order chi connectivity index (χ1) is 13.3. The van der Waals surface area contributed by atoms with Crippen molar-refractivity contribution >= 4 is 15.8 Å². The zero-order valence-corrected chi connectivity index (χ0v) is 16.0. The molecule has 0 aliphatic carbocycles. The summed E-state index contributed by atoms with van der Waals surface area (Å²) in [6.07, 6.45) is 1.32. The van der Waals surface area contributed by atoms with Gasteiger partial charge in [0.1, 0.15) is 11.5 Å². The first-order valence-corrected chi connectivity index (χ1v) is 10.2. The number of aryl methyl sites for hydroxylation is 1. The van der Waals surface area contributed by atoms with Crippen LogP contribution in [0.5, 0.6) is 11.5 Å². The van der Waals surface area contributed by atoms with Crippen LogP contribution < -0.4 is 4.74 Å². The minimum Gasteiger partial charge on any atom is -0.481 e. The fourth-order valence-corrected chi connectivity index (χ4v) is 4.04. The average Bonchev–Trinajstić information content (AvgIpc) is 2.64. The predicted molar refractivity (Wildman–Crippen MR) is 104 cm³/mol. The lowest BCUT2D eigenvalue weighted by Gasteiger charge is -2.13. The Hall–Kier alpha value is -3.19. The molecule has 1 heterocycles. The van der Waals surface area contributed by atoms with E-state index in [9.17, 15) is 13.2 Å². The Morgan fingerprint density at radius 3 is 2.61 bits per heavy atom. The van der Waals surface area contributed by atoms with Crippen LogP contribution in [0.15, 0.2) is 71.9 Å². The highest BCUT2D eigenvalue weighted by Gasteiger charge is 2.19. The van der Waals surface area contributed by atoms with E-state index in [1.165, 1.54) is 12.3 Å². The topological polar surface area (TPSA) is 93.6 Å². The van der Waals surface area contributed by atoms with Gasteiger partial charge in [-0.2, -0.15) is 0 Å². The van der Waals surface area contributed by atoms with Crippen LogP contribution in [-0.4, -0.2) is 24.5 Å². The maximum absolute atomic E-state index is 12.7. The molecular weight excluding hydrogens is 378 g/mol. The van der Waals surface area contributed by atoms with E-state index in [0.717, 1.165) is 5.56 Å². The quantitative estimate of drug-likeness (QED) is 0.652. The summed E-state index contributed by atoms with van der Waals surface area (Å²) in [6, 6.07) is 16.8. The van der Waals surface area contributed by atoms with Crippen LogP contribution in [0.1, 0.15) is 16.7 Å². The summed E-state index contributed by atoms with van der Waals surface area (Å²) in [5.74, 6) is -0.346. The molecule has 3 aromatic rings. The molecule has 28 heavy (non-hydrogen) atoms. The summed E-state index contributed by atoms with van der Waals surface area (Å²) in [5.41, 5.74) is 2.01. The van der Waals surface area contributed by atoms with Crippen molar-refractivity contribution in [2.45, 2.75) is 24.1 Å². The number of pyridine rings is 1. The van der Waals surface area contributed by atoms with Gasteiger partial charge < -0.3 is 9.84 Å². The molecule has 2 aromatic carbocycles. The third kappa shape index (κ3) is 4.95. The van der Waals surface area contributed by atoms with Gasteiger partial charge in [0.2, 0.25) is 0 Å². The Labute approximate surface area is 163 Å². The molecule has 1 N–H and O–H groups in total. The van der Waals surface area contributed by atoms with Crippen molar-refractivity contribution in [3.63, 3.8) is 0 Å². The standard InChI is InChI=1S/C21H19NO5S/c1-15-8-9-19(27-18-6-4-5-16(12-18)13-21(23)24)17(11-15)14-28(25,26)20-7-2-3-10-22-20/h2-12H,13-14H2,1H3,(H,23,24). The van der Waals surface area contributed by atoms with E-state index >= 15 is 0 Å². The highest BCUT2D eigenvalue weighted by Crippen LogP contribution is 2.29. The van der Waals surface area contributed by atoms with Crippen LogP contribution in [0.2, 0.25) is 0 Å². The van der Waals surface area contributed by atoms with E-state index in [4.69, 9.17) is 9.84 Å². The van der Waals surface area contributed by atoms with Crippen molar-refractivity contribution in [3.05, 3.63) is 83.6 Å². The summed E-state index contributed by atoms with van der Waals surface area (Å²) in [5, 5.41) is 8.95. The number of hydrogen-bond acceptors (Lipinski definition) is 5. The van der Waals surface area contributed by atoms with Crippen LogP contribution in [0.3, 0.4) is 0 Å². The minimum absolute atomic E-state index is 0.00547. The van der Waals surface area contributed by atoms with Gasteiger partial charge in [-0.15, -0.1) is 0 Å². The molecule has 7 heteroatoms. The third-order valence-electron chi connectivity index (χ3n) is 4.00. The number of nitrogens with zero attached hydrogens (tertiary/aromatic N) is 1. The van der Waals surface area contributed by atoms with E-state index in [0.29, 0.717) is 22.6 Å². The molecule has 0 bridgehead atoms. The number of aliphatic carboxylic acids is 1. The second-order valence-electron chi connectivity index (χ2n) is 6.36. The van der Waals surface area contributed by atoms with Gasteiger partial charge in [0.05, 0.1) is 12.2 Å². The maximum Gasteiger partial charge on any atom is 0.307 e. The van der Waals surface area contributed by atoms with Crippen LogP contribution in [-0.2, 0) is 26.8 Å². The normalized spacial score (nSPS) is 11.2. The molecule has 0 fully saturated rings. The molecule has 6 nitrogen and oxygen atoms in total. The summed E-state index contributed by atoms with van der Waals surface area (Å²) < 4.78 is 31.3. The van der Waals surface area contributed by atoms with E-state index in [1.807, 2.05) is 13.0 Å². The molecule has 3 rings (SSSR count). The van der Waals surface area contributed by atoms with E-state index < -0.39 is 15.8 Å². The number of sulfone groups is 1. The van der Waals surface area contributed by atoms with Gasteiger partial charge in [0.15, 0.2) is 14.9 Å². The molecule has 0 amide bonds. The lowest BCUT2D eigenvalue weighted by Crippen LogP contribution is -2.08. The lowest BCUT2D eigenvalue weighted by atomic mass is 10.1. The van der Waals surface area contributed by atoms with Crippen LogP contribution in [0, 0.1) is 6.92 Å². The number of aromatic nitrogens is 1. The van der Waals surface area contributed by atoms with Crippen molar-refractivity contribution in [1.29, 1.82) is 0 Å². The second kappa shape index (κ2) is 8.22. The van der Waals surface area contributed by atoms with Gasteiger partial charge in [-0.1, -0.05) is 35.9 Å². The van der Waals surface area contributed by atoms with E-state index in [-0.39, 0.29) is 17.2 Å². The predicted octanol–water partition coefficient (Wildman–Crippen LogP) is 3.78. The molecule has 0 spiro atoms. The number of hydrogen-bond donors (Lipinski definition) is 1. The molecule has 144 valence electrons. The zero-order chi connectivity index (χ0) is 20.1. The highest BCUT2D eigenvalue weighted by atomic mass is 32.2. The number of carbonyl (C=O) groups is 1. The Bertz CT molecular complexity index is 1090. The number of rotatable bonds is 7. The first kappa shape index (κ1) is 19.6. The molecular formula is C21H19NO5S. The second-order valence-corrected chi connectivity index (χ2v) is 8.29. The number of ether oxygens (including phenoxy) is 1. The van der Waals surface area contributed by atoms with Gasteiger partial charge in [-0.05, 0) is 42.8 Å². The Morgan fingerprint density at radius 1 is 1.07 bits per heavy atom. The fraction of sp³-hybridized carbons (Fsp3) is 0.143. The number of carboxylic acid groups (broad SMARTS) is 1. The van der Waals surface area contributed by atoms with Crippen molar-refractivity contribution in [2.24, 2.45) is 0 Å². The van der Waals surface area contributed by atoms with Gasteiger partial charge >= 0.3 is 5.97 Å². The molecule has 0 radical (unpaired) electrons. The monoisotopic (exact) mass is 397 g/mol. The number of benzene rings is 2. The van der Waals surface area contributed by atoms with Crippen LogP contribution >= 0.6 is 0 Å². The first-order valence-electron chi connectivity index (χ1n) is 8.55. The smallest absolute Gasteiger partial charge is 0.307 e. The highest BCUT2D eigenvalue weighted by molar-refractivity contribution is 7.90. The van der Waals surface area contributed by atoms with Gasteiger partial charge in [-0.3, -0.25) is 4.79 Å². The Balaban J connectivity index is 1.91. The van der Waals surface area contributed by atoms with Gasteiger partial charge in [0.25, 0.3) is 0 Å². The van der Waals surface area contributed by atoms with Crippen LogP contribution in [0.25, 0.3) is 0 Å². The SMILES string of the molecule is Cc1ccc(Oc2cccc(CC(=O)O)c2)c(CS(=O)(=O)c2ccccn2)c1. The molecule has 1 aromatic heterocycles. The summed E-state index contributed by atoms with van der Waals surface area (Å²) in [7, 11) is -3.64. The van der Waals surface area contributed by atoms with Crippen molar-refractivity contribution in [1.82, 2.24) is 4.98 Å². The molecule has 0 atom stereocenters. The summed E-state index contributed by atoms with van der Waals surface area (Å²) >= 11 is 0. The van der Waals surface area contributed by atoms with Crippen LogP contribution in [0.4, 0.5) is 0 Å². The minimum atomic E-state index is -3.64. The molecule has 0 unspecified atom stereocenters. The maximum atomic E-state index is 12.7. The van der Waals surface area contributed by atoms with Crippen molar-refractivity contribution < 1.29 is 23.1 Å². The van der Waals surface area contributed by atoms with E-state index in [1.54, 1.807) is 48.5 Å².